The van der Waals surface area contributed by atoms with Gasteiger partial charge in [-0.3, -0.25) is 4.79 Å². The van der Waals surface area contributed by atoms with E-state index in [1.54, 1.807) is 0 Å². The second-order valence-electron chi connectivity index (χ2n) is 3.80. The Labute approximate surface area is 90.1 Å². The van der Waals surface area contributed by atoms with Crippen LogP contribution in [0.3, 0.4) is 0 Å². The summed E-state index contributed by atoms with van der Waals surface area (Å²) in [6.45, 7) is 5.85. The van der Waals surface area contributed by atoms with Crippen molar-refractivity contribution in [2.75, 3.05) is 11.9 Å². The first-order valence-electron chi connectivity index (χ1n) is 5.03. The molecule has 82 valence electrons. The van der Waals surface area contributed by atoms with E-state index in [1.165, 1.54) is 5.56 Å². The van der Waals surface area contributed by atoms with Crippen LogP contribution in [0.1, 0.15) is 23.1 Å². The van der Waals surface area contributed by atoms with Crippen LogP contribution in [0.25, 0.3) is 0 Å². The molecule has 1 aromatic rings. The standard InChI is InChI=1S/C12H17NO2/c1-8-6-9(2)12(10(3)7-8)13-11(15)4-5-14/h6-7,14H,4-5H2,1-3H3,(H,13,15). The van der Waals surface area contributed by atoms with Gasteiger partial charge in [0, 0.05) is 5.69 Å². The Morgan fingerprint density at radius 3 is 2.27 bits per heavy atom. The summed E-state index contributed by atoms with van der Waals surface area (Å²) < 4.78 is 0. The minimum absolute atomic E-state index is 0.115. The van der Waals surface area contributed by atoms with Crippen LogP contribution in [0.4, 0.5) is 5.69 Å². The van der Waals surface area contributed by atoms with Gasteiger partial charge in [0.25, 0.3) is 0 Å². The molecule has 1 aromatic carbocycles. The zero-order valence-electron chi connectivity index (χ0n) is 9.42. The van der Waals surface area contributed by atoms with E-state index in [0.29, 0.717) is 0 Å². The lowest BCUT2D eigenvalue weighted by atomic mass is 10.1. The van der Waals surface area contributed by atoms with Gasteiger partial charge in [-0.2, -0.15) is 0 Å². The molecule has 0 radical (unpaired) electrons. The van der Waals surface area contributed by atoms with Crippen molar-refractivity contribution in [3.8, 4) is 0 Å². The Balaban J connectivity index is 2.90. The van der Waals surface area contributed by atoms with Gasteiger partial charge in [-0.05, 0) is 31.9 Å². The van der Waals surface area contributed by atoms with E-state index >= 15 is 0 Å². The van der Waals surface area contributed by atoms with E-state index < -0.39 is 0 Å². The molecular weight excluding hydrogens is 190 g/mol. The van der Waals surface area contributed by atoms with E-state index in [0.717, 1.165) is 16.8 Å². The summed E-state index contributed by atoms with van der Waals surface area (Å²) in [6, 6.07) is 4.06. The van der Waals surface area contributed by atoms with E-state index in [9.17, 15) is 4.79 Å². The van der Waals surface area contributed by atoms with Crippen molar-refractivity contribution in [3.63, 3.8) is 0 Å². The van der Waals surface area contributed by atoms with Crippen LogP contribution >= 0.6 is 0 Å². The average Bonchev–Trinajstić information content (AvgIpc) is 2.11. The number of amides is 1. The third-order valence-corrected chi connectivity index (χ3v) is 2.28. The van der Waals surface area contributed by atoms with Gasteiger partial charge in [-0.25, -0.2) is 0 Å². The number of aliphatic hydroxyl groups is 1. The predicted molar refractivity (Wildman–Crippen MR) is 61.0 cm³/mol. The lowest BCUT2D eigenvalue weighted by molar-refractivity contribution is -0.116. The number of hydrogen-bond donors (Lipinski definition) is 2. The normalized spacial score (nSPS) is 10.1. The summed E-state index contributed by atoms with van der Waals surface area (Å²) >= 11 is 0. The SMILES string of the molecule is Cc1cc(C)c(NC(=O)CCO)c(C)c1. The van der Waals surface area contributed by atoms with Gasteiger partial charge in [0.1, 0.15) is 0 Å². The molecule has 3 nitrogen and oxygen atoms in total. The van der Waals surface area contributed by atoms with Gasteiger partial charge in [0.15, 0.2) is 0 Å². The quantitative estimate of drug-likeness (QED) is 0.795. The van der Waals surface area contributed by atoms with Crippen LogP contribution in [0.2, 0.25) is 0 Å². The summed E-state index contributed by atoms with van der Waals surface area (Å²) in [4.78, 5) is 11.3. The van der Waals surface area contributed by atoms with Crippen molar-refractivity contribution in [1.82, 2.24) is 0 Å². The molecule has 3 heteroatoms. The van der Waals surface area contributed by atoms with Gasteiger partial charge in [0.2, 0.25) is 5.91 Å². The Hall–Kier alpha value is -1.35. The van der Waals surface area contributed by atoms with Crippen LogP contribution < -0.4 is 5.32 Å². The number of benzene rings is 1. The summed E-state index contributed by atoms with van der Waals surface area (Å²) in [5.74, 6) is -0.146. The number of carbonyl (C=O) groups is 1. The van der Waals surface area contributed by atoms with E-state index in [1.807, 2.05) is 32.9 Å². The minimum atomic E-state index is -0.146. The molecule has 0 aliphatic heterocycles. The topological polar surface area (TPSA) is 49.3 Å². The Morgan fingerprint density at radius 2 is 1.80 bits per heavy atom. The predicted octanol–water partition coefficient (Wildman–Crippen LogP) is 1.93. The van der Waals surface area contributed by atoms with Crippen molar-refractivity contribution in [3.05, 3.63) is 28.8 Å². The first-order chi connectivity index (χ1) is 7.04. The lowest BCUT2D eigenvalue weighted by Crippen LogP contribution is -2.14. The molecule has 0 saturated carbocycles. The third-order valence-electron chi connectivity index (χ3n) is 2.28. The first kappa shape index (κ1) is 11.7. The molecule has 0 aliphatic rings. The highest BCUT2D eigenvalue weighted by Crippen LogP contribution is 2.21. The van der Waals surface area contributed by atoms with Gasteiger partial charge in [-0.1, -0.05) is 17.7 Å². The fourth-order valence-electron chi connectivity index (χ4n) is 1.68. The summed E-state index contributed by atoms with van der Waals surface area (Å²) in [7, 11) is 0. The molecular formula is C12H17NO2. The highest BCUT2D eigenvalue weighted by Gasteiger charge is 2.07. The molecule has 0 atom stereocenters. The van der Waals surface area contributed by atoms with Crippen LogP contribution in [0.15, 0.2) is 12.1 Å². The lowest BCUT2D eigenvalue weighted by Gasteiger charge is -2.12. The number of aliphatic hydroxyl groups excluding tert-OH is 1. The summed E-state index contributed by atoms with van der Waals surface area (Å²) in [5.41, 5.74) is 4.15. The average molecular weight is 207 g/mol. The van der Waals surface area contributed by atoms with E-state index in [4.69, 9.17) is 5.11 Å². The Bertz CT molecular complexity index is 349. The fraction of sp³-hybridized carbons (Fsp3) is 0.417. The highest BCUT2D eigenvalue weighted by molar-refractivity contribution is 5.92. The number of aryl methyl sites for hydroxylation is 3. The van der Waals surface area contributed by atoms with Gasteiger partial charge >= 0.3 is 0 Å². The molecule has 1 rings (SSSR count). The van der Waals surface area contributed by atoms with Crippen LogP contribution in [-0.2, 0) is 4.79 Å². The second-order valence-corrected chi connectivity index (χ2v) is 3.80. The molecule has 0 fully saturated rings. The number of hydrogen-bond acceptors (Lipinski definition) is 2. The molecule has 0 spiro atoms. The molecule has 2 N–H and O–H groups in total. The largest absolute Gasteiger partial charge is 0.396 e. The number of anilines is 1. The zero-order chi connectivity index (χ0) is 11.4. The number of carbonyl (C=O) groups excluding carboxylic acids is 1. The summed E-state index contributed by atoms with van der Waals surface area (Å²) in [6.07, 6.45) is 0.146. The fourth-order valence-corrected chi connectivity index (χ4v) is 1.68. The number of nitrogens with one attached hydrogen (secondary N) is 1. The third kappa shape index (κ3) is 3.06. The maximum atomic E-state index is 11.3. The molecule has 0 aliphatic carbocycles. The first-order valence-corrected chi connectivity index (χ1v) is 5.03. The maximum Gasteiger partial charge on any atom is 0.226 e. The van der Waals surface area contributed by atoms with Gasteiger partial charge < -0.3 is 10.4 Å². The Morgan fingerprint density at radius 1 is 1.27 bits per heavy atom. The molecule has 0 aromatic heterocycles. The van der Waals surface area contributed by atoms with Crippen LogP contribution in [0, 0.1) is 20.8 Å². The van der Waals surface area contributed by atoms with E-state index in [2.05, 4.69) is 5.32 Å². The zero-order valence-corrected chi connectivity index (χ0v) is 9.42. The van der Waals surface area contributed by atoms with Crippen molar-refractivity contribution < 1.29 is 9.90 Å². The van der Waals surface area contributed by atoms with Crippen molar-refractivity contribution in [2.45, 2.75) is 27.2 Å². The minimum Gasteiger partial charge on any atom is -0.396 e. The molecule has 1 amide bonds. The van der Waals surface area contributed by atoms with Crippen LogP contribution in [-0.4, -0.2) is 17.6 Å². The second kappa shape index (κ2) is 4.94. The van der Waals surface area contributed by atoms with Crippen molar-refractivity contribution >= 4 is 11.6 Å². The molecule has 0 unspecified atom stereocenters. The summed E-state index contributed by atoms with van der Waals surface area (Å²) in [5, 5.41) is 11.4. The molecule has 15 heavy (non-hydrogen) atoms. The molecule has 0 bridgehead atoms. The highest BCUT2D eigenvalue weighted by atomic mass is 16.3. The van der Waals surface area contributed by atoms with Gasteiger partial charge in [-0.15, -0.1) is 0 Å². The number of rotatable bonds is 3. The van der Waals surface area contributed by atoms with Crippen molar-refractivity contribution in [2.24, 2.45) is 0 Å². The Kier molecular flexibility index (Phi) is 3.86. The van der Waals surface area contributed by atoms with E-state index in [-0.39, 0.29) is 18.9 Å². The monoisotopic (exact) mass is 207 g/mol. The van der Waals surface area contributed by atoms with Crippen molar-refractivity contribution in [1.29, 1.82) is 0 Å². The van der Waals surface area contributed by atoms with Crippen LogP contribution in [0.5, 0.6) is 0 Å². The molecule has 0 saturated heterocycles. The van der Waals surface area contributed by atoms with Gasteiger partial charge in [0.05, 0.1) is 13.0 Å². The maximum absolute atomic E-state index is 11.3. The molecule has 0 heterocycles. The smallest absolute Gasteiger partial charge is 0.226 e.